The van der Waals surface area contributed by atoms with Crippen LogP contribution in [0.3, 0.4) is 0 Å². The Labute approximate surface area is 137 Å². The highest BCUT2D eigenvalue weighted by Crippen LogP contribution is 2.29. The number of anilines is 1. The van der Waals surface area contributed by atoms with Gasteiger partial charge in [-0.25, -0.2) is 4.99 Å². The summed E-state index contributed by atoms with van der Waals surface area (Å²) in [6.07, 6.45) is 4.42. The summed E-state index contributed by atoms with van der Waals surface area (Å²) in [7, 11) is 0. The Morgan fingerprint density at radius 1 is 0.957 bits per heavy atom. The molecule has 0 bridgehead atoms. The Kier molecular flexibility index (Phi) is 3.93. The number of carbonyl (C=O) groups excluding carboxylic acids is 1. The molecule has 122 valence electrons. The van der Waals surface area contributed by atoms with Crippen molar-refractivity contribution in [2.45, 2.75) is 31.7 Å². The Balaban J connectivity index is 1.42. The Bertz CT molecular complexity index is 592. The quantitative estimate of drug-likeness (QED) is 0.861. The monoisotopic (exact) mass is 312 g/mol. The molecule has 2 fully saturated rings. The summed E-state index contributed by atoms with van der Waals surface area (Å²) in [6, 6.07) is 10.7. The minimum Gasteiger partial charge on any atom is -0.368 e. The Hall–Kier alpha value is -2.04. The Morgan fingerprint density at radius 2 is 1.65 bits per heavy atom. The SMILES string of the molecule is O=C1NC(N2CCN(c3ccccc3)CC2)=N[C@H]2CCCC[C@H]12. The zero-order valence-electron chi connectivity index (χ0n) is 13.4. The van der Waals surface area contributed by atoms with Gasteiger partial charge in [-0.1, -0.05) is 31.0 Å². The molecule has 2 heterocycles. The molecule has 4 rings (SSSR count). The van der Waals surface area contributed by atoms with Crippen molar-refractivity contribution in [3.63, 3.8) is 0 Å². The third-order valence-corrected chi connectivity index (χ3v) is 5.29. The fraction of sp³-hybridized carbons (Fsp3) is 0.556. The van der Waals surface area contributed by atoms with E-state index in [2.05, 4.69) is 39.4 Å². The van der Waals surface area contributed by atoms with Gasteiger partial charge in [-0.15, -0.1) is 0 Å². The van der Waals surface area contributed by atoms with Gasteiger partial charge in [0.05, 0.1) is 12.0 Å². The molecule has 1 amide bonds. The number of nitrogens with zero attached hydrogens (tertiary/aromatic N) is 3. The van der Waals surface area contributed by atoms with Crippen molar-refractivity contribution in [1.29, 1.82) is 0 Å². The average molecular weight is 312 g/mol. The van der Waals surface area contributed by atoms with E-state index in [1.807, 2.05) is 6.07 Å². The molecule has 0 unspecified atom stereocenters. The highest BCUT2D eigenvalue weighted by molar-refractivity contribution is 6.00. The van der Waals surface area contributed by atoms with E-state index in [0.717, 1.165) is 51.4 Å². The van der Waals surface area contributed by atoms with Crippen LogP contribution < -0.4 is 10.2 Å². The van der Waals surface area contributed by atoms with Crippen molar-refractivity contribution in [2.75, 3.05) is 31.1 Å². The highest BCUT2D eigenvalue weighted by Gasteiger charge is 2.36. The molecule has 1 aromatic rings. The lowest BCUT2D eigenvalue weighted by Gasteiger charge is -2.40. The number of hydrogen-bond acceptors (Lipinski definition) is 4. The molecule has 2 aliphatic heterocycles. The summed E-state index contributed by atoms with van der Waals surface area (Å²) in [5.41, 5.74) is 1.27. The van der Waals surface area contributed by atoms with Crippen LogP contribution in [0.15, 0.2) is 35.3 Å². The largest absolute Gasteiger partial charge is 0.368 e. The van der Waals surface area contributed by atoms with Gasteiger partial charge in [0.25, 0.3) is 0 Å². The molecular formula is C18H24N4O. The molecule has 23 heavy (non-hydrogen) atoms. The second-order valence-corrected chi connectivity index (χ2v) is 6.71. The molecule has 3 aliphatic rings. The second kappa shape index (κ2) is 6.22. The van der Waals surface area contributed by atoms with E-state index >= 15 is 0 Å². The third kappa shape index (κ3) is 2.92. The lowest BCUT2D eigenvalue weighted by atomic mass is 9.83. The van der Waals surface area contributed by atoms with Crippen LogP contribution in [0.2, 0.25) is 0 Å². The second-order valence-electron chi connectivity index (χ2n) is 6.71. The summed E-state index contributed by atoms with van der Waals surface area (Å²) in [5.74, 6) is 1.11. The predicted molar refractivity (Wildman–Crippen MR) is 91.6 cm³/mol. The lowest BCUT2D eigenvalue weighted by molar-refractivity contribution is -0.125. The van der Waals surface area contributed by atoms with Gasteiger partial charge in [0.2, 0.25) is 11.9 Å². The normalized spacial score (nSPS) is 28.0. The van der Waals surface area contributed by atoms with Crippen molar-refractivity contribution >= 4 is 17.6 Å². The van der Waals surface area contributed by atoms with Gasteiger partial charge in [0.1, 0.15) is 0 Å². The fourth-order valence-corrected chi connectivity index (χ4v) is 3.94. The molecule has 0 spiro atoms. The number of guanidine groups is 1. The van der Waals surface area contributed by atoms with Gasteiger partial charge in [-0.2, -0.15) is 0 Å². The molecular weight excluding hydrogens is 288 g/mol. The first-order chi connectivity index (χ1) is 11.3. The van der Waals surface area contributed by atoms with Gasteiger partial charge in [-0.05, 0) is 25.0 Å². The van der Waals surface area contributed by atoms with Crippen LogP contribution in [-0.2, 0) is 4.79 Å². The predicted octanol–water partition coefficient (Wildman–Crippen LogP) is 1.85. The molecule has 0 aromatic heterocycles. The first-order valence-electron chi connectivity index (χ1n) is 8.75. The number of benzene rings is 1. The smallest absolute Gasteiger partial charge is 0.231 e. The van der Waals surface area contributed by atoms with E-state index in [1.54, 1.807) is 0 Å². The van der Waals surface area contributed by atoms with Crippen LogP contribution in [0, 0.1) is 5.92 Å². The van der Waals surface area contributed by atoms with Gasteiger partial charge in [-0.3, -0.25) is 10.1 Å². The third-order valence-electron chi connectivity index (χ3n) is 5.29. The first kappa shape index (κ1) is 14.5. The van der Waals surface area contributed by atoms with Crippen LogP contribution in [0.5, 0.6) is 0 Å². The molecule has 5 nitrogen and oxygen atoms in total. The number of nitrogens with one attached hydrogen (secondary N) is 1. The van der Waals surface area contributed by atoms with Crippen LogP contribution in [0.4, 0.5) is 5.69 Å². The summed E-state index contributed by atoms with van der Waals surface area (Å²) in [5, 5.41) is 3.06. The van der Waals surface area contributed by atoms with Gasteiger partial charge >= 0.3 is 0 Å². The highest BCUT2D eigenvalue weighted by atomic mass is 16.2. The van der Waals surface area contributed by atoms with Crippen molar-refractivity contribution in [3.8, 4) is 0 Å². The number of hydrogen-bond donors (Lipinski definition) is 1. The van der Waals surface area contributed by atoms with Crippen LogP contribution in [0.1, 0.15) is 25.7 Å². The van der Waals surface area contributed by atoms with E-state index in [0.29, 0.717) is 0 Å². The number of piperazine rings is 1. The minimum absolute atomic E-state index is 0.109. The van der Waals surface area contributed by atoms with Crippen molar-refractivity contribution in [3.05, 3.63) is 30.3 Å². The molecule has 0 radical (unpaired) electrons. The number of rotatable bonds is 1. The standard InChI is InChI=1S/C18H24N4O/c23-17-15-8-4-5-9-16(15)19-18(20-17)22-12-10-21(11-13-22)14-6-2-1-3-7-14/h1-3,6-7,15-16H,4-5,8-13H2,(H,19,20,23)/t15-,16-/m0/s1. The first-order valence-corrected chi connectivity index (χ1v) is 8.75. The maximum Gasteiger partial charge on any atom is 0.231 e. The van der Waals surface area contributed by atoms with Crippen LogP contribution in [0.25, 0.3) is 0 Å². The van der Waals surface area contributed by atoms with Gasteiger partial charge in [0.15, 0.2) is 0 Å². The number of carbonyl (C=O) groups is 1. The van der Waals surface area contributed by atoms with E-state index in [9.17, 15) is 4.79 Å². The number of amides is 1. The summed E-state index contributed by atoms with van der Waals surface area (Å²) >= 11 is 0. The topological polar surface area (TPSA) is 47.9 Å². The number of aliphatic imine (C=N–C) groups is 1. The van der Waals surface area contributed by atoms with E-state index in [4.69, 9.17) is 4.99 Å². The Morgan fingerprint density at radius 3 is 2.43 bits per heavy atom. The van der Waals surface area contributed by atoms with Crippen LogP contribution >= 0.6 is 0 Å². The molecule has 1 saturated heterocycles. The number of fused-ring (bicyclic) bond motifs is 1. The minimum atomic E-state index is 0.109. The average Bonchev–Trinajstić information content (AvgIpc) is 2.63. The van der Waals surface area contributed by atoms with Gasteiger partial charge < -0.3 is 9.80 Å². The maximum absolute atomic E-state index is 12.3. The van der Waals surface area contributed by atoms with E-state index < -0.39 is 0 Å². The lowest BCUT2D eigenvalue weighted by Crippen LogP contribution is -2.57. The molecule has 1 saturated carbocycles. The summed E-state index contributed by atoms with van der Waals surface area (Å²) in [4.78, 5) is 21.8. The molecule has 1 N–H and O–H groups in total. The van der Waals surface area contributed by atoms with Crippen molar-refractivity contribution in [1.82, 2.24) is 10.2 Å². The van der Waals surface area contributed by atoms with E-state index in [-0.39, 0.29) is 17.9 Å². The zero-order valence-corrected chi connectivity index (χ0v) is 13.4. The van der Waals surface area contributed by atoms with Crippen molar-refractivity contribution in [2.24, 2.45) is 10.9 Å². The summed E-state index contributed by atoms with van der Waals surface area (Å²) < 4.78 is 0. The molecule has 1 aliphatic carbocycles. The fourth-order valence-electron chi connectivity index (χ4n) is 3.94. The maximum atomic E-state index is 12.3. The van der Waals surface area contributed by atoms with Crippen molar-refractivity contribution < 1.29 is 4.79 Å². The van der Waals surface area contributed by atoms with Gasteiger partial charge in [0, 0.05) is 31.9 Å². The summed E-state index contributed by atoms with van der Waals surface area (Å²) in [6.45, 7) is 3.75. The van der Waals surface area contributed by atoms with E-state index in [1.165, 1.54) is 12.1 Å². The number of para-hydroxylation sites is 1. The zero-order chi connectivity index (χ0) is 15.6. The molecule has 1 aromatic carbocycles. The molecule has 5 heteroatoms. The van der Waals surface area contributed by atoms with Crippen LogP contribution in [-0.4, -0.2) is 49.0 Å². The molecule has 2 atom stereocenters.